The molecule has 0 aliphatic rings. The van der Waals surface area contributed by atoms with Gasteiger partial charge in [0.2, 0.25) is 0 Å². The molecule has 0 atom stereocenters. The summed E-state index contributed by atoms with van der Waals surface area (Å²) in [6, 6.07) is 4.13. The number of aryl methyl sites for hydroxylation is 2. The topological polar surface area (TPSA) is 30.7 Å². The molecular formula is C12H17N3. The molecule has 0 unspecified atom stereocenters. The third-order valence-corrected chi connectivity index (χ3v) is 2.49. The number of pyridine rings is 1. The van der Waals surface area contributed by atoms with Gasteiger partial charge >= 0.3 is 0 Å². The van der Waals surface area contributed by atoms with E-state index in [-0.39, 0.29) is 5.54 Å². The van der Waals surface area contributed by atoms with Crippen molar-refractivity contribution in [2.75, 3.05) is 0 Å². The minimum atomic E-state index is -0.0205. The second-order valence-electron chi connectivity index (χ2n) is 4.99. The summed E-state index contributed by atoms with van der Waals surface area (Å²) >= 11 is 0. The van der Waals surface area contributed by atoms with Gasteiger partial charge in [-0.15, -0.1) is 0 Å². The number of hydrogen-bond acceptors (Lipinski definition) is 2. The van der Waals surface area contributed by atoms with Gasteiger partial charge < -0.3 is 0 Å². The maximum atomic E-state index is 4.56. The summed E-state index contributed by atoms with van der Waals surface area (Å²) in [7, 11) is 0. The van der Waals surface area contributed by atoms with Crippen LogP contribution < -0.4 is 0 Å². The van der Waals surface area contributed by atoms with E-state index >= 15 is 0 Å². The molecule has 2 heterocycles. The van der Waals surface area contributed by atoms with E-state index in [9.17, 15) is 0 Å². The first kappa shape index (κ1) is 10.1. The van der Waals surface area contributed by atoms with Gasteiger partial charge in [-0.3, -0.25) is 0 Å². The van der Waals surface area contributed by atoms with E-state index in [1.165, 1.54) is 0 Å². The smallest absolute Gasteiger partial charge is 0.158 e. The van der Waals surface area contributed by atoms with E-state index < -0.39 is 0 Å². The van der Waals surface area contributed by atoms with Crippen LogP contribution >= 0.6 is 0 Å². The predicted octanol–water partition coefficient (Wildman–Crippen LogP) is 2.80. The first-order valence-electron chi connectivity index (χ1n) is 5.23. The summed E-state index contributed by atoms with van der Waals surface area (Å²) in [5.41, 5.74) is 3.05. The average Bonchev–Trinajstić information content (AvgIpc) is 2.42. The third kappa shape index (κ3) is 1.62. The number of rotatable bonds is 0. The molecule has 0 saturated heterocycles. The summed E-state index contributed by atoms with van der Waals surface area (Å²) in [6.45, 7) is 10.5. The Morgan fingerprint density at radius 2 is 1.80 bits per heavy atom. The Morgan fingerprint density at radius 1 is 1.13 bits per heavy atom. The van der Waals surface area contributed by atoms with E-state index in [0.717, 1.165) is 22.4 Å². The second kappa shape index (κ2) is 3.05. The van der Waals surface area contributed by atoms with Crippen LogP contribution in [0.15, 0.2) is 12.1 Å². The van der Waals surface area contributed by atoms with Crippen LogP contribution in [0.1, 0.15) is 32.2 Å². The molecule has 0 aromatic carbocycles. The Kier molecular flexibility index (Phi) is 2.07. The molecule has 0 radical (unpaired) electrons. The molecule has 0 bridgehead atoms. The molecule has 0 aliphatic heterocycles. The summed E-state index contributed by atoms with van der Waals surface area (Å²) in [6.07, 6.45) is 0. The molecule has 0 saturated carbocycles. The SMILES string of the molecule is Cc1ccc2c(C)nn(C(C)(C)C)c2n1. The van der Waals surface area contributed by atoms with E-state index in [4.69, 9.17) is 0 Å². The molecule has 2 rings (SSSR count). The van der Waals surface area contributed by atoms with Gasteiger partial charge in [-0.05, 0) is 46.8 Å². The van der Waals surface area contributed by atoms with Gasteiger partial charge in [0.15, 0.2) is 5.65 Å². The van der Waals surface area contributed by atoms with Crippen molar-refractivity contribution in [2.45, 2.75) is 40.2 Å². The summed E-state index contributed by atoms with van der Waals surface area (Å²) in [5, 5.41) is 5.70. The molecule has 80 valence electrons. The zero-order chi connectivity index (χ0) is 11.2. The lowest BCUT2D eigenvalue weighted by Crippen LogP contribution is -2.23. The lowest BCUT2D eigenvalue weighted by atomic mass is 10.1. The van der Waals surface area contributed by atoms with Crippen LogP contribution in [0.3, 0.4) is 0 Å². The van der Waals surface area contributed by atoms with Crippen molar-refractivity contribution in [1.29, 1.82) is 0 Å². The van der Waals surface area contributed by atoms with Crippen LogP contribution in [0.25, 0.3) is 11.0 Å². The number of fused-ring (bicyclic) bond motifs is 1. The Hall–Kier alpha value is -1.38. The first-order chi connectivity index (χ1) is 6.89. The minimum absolute atomic E-state index is 0.0205. The number of hydrogen-bond donors (Lipinski definition) is 0. The maximum Gasteiger partial charge on any atom is 0.158 e. The monoisotopic (exact) mass is 203 g/mol. The van der Waals surface area contributed by atoms with Crippen LogP contribution in [0.4, 0.5) is 0 Å². The van der Waals surface area contributed by atoms with Crippen molar-refractivity contribution in [3.8, 4) is 0 Å². The fraction of sp³-hybridized carbons (Fsp3) is 0.500. The zero-order valence-electron chi connectivity index (χ0n) is 10.00. The minimum Gasteiger partial charge on any atom is -0.242 e. The largest absolute Gasteiger partial charge is 0.242 e. The Morgan fingerprint density at radius 3 is 2.40 bits per heavy atom. The molecule has 0 amide bonds. The average molecular weight is 203 g/mol. The molecular weight excluding hydrogens is 186 g/mol. The molecule has 0 spiro atoms. The van der Waals surface area contributed by atoms with E-state index in [0.29, 0.717) is 0 Å². The van der Waals surface area contributed by atoms with Gasteiger partial charge in [0.1, 0.15) is 0 Å². The highest BCUT2D eigenvalue weighted by molar-refractivity contribution is 5.78. The van der Waals surface area contributed by atoms with Gasteiger partial charge in [-0.25, -0.2) is 9.67 Å². The summed E-state index contributed by atoms with van der Waals surface area (Å²) < 4.78 is 2.00. The van der Waals surface area contributed by atoms with Crippen molar-refractivity contribution in [1.82, 2.24) is 14.8 Å². The van der Waals surface area contributed by atoms with E-state index in [2.05, 4.69) is 36.9 Å². The van der Waals surface area contributed by atoms with Crippen LogP contribution in [-0.4, -0.2) is 14.8 Å². The van der Waals surface area contributed by atoms with Crippen LogP contribution in [0.2, 0.25) is 0 Å². The molecule has 0 aliphatic carbocycles. The lowest BCUT2D eigenvalue weighted by molar-refractivity contribution is 0.364. The quantitative estimate of drug-likeness (QED) is 0.659. The van der Waals surface area contributed by atoms with Gasteiger partial charge in [0.05, 0.1) is 11.2 Å². The van der Waals surface area contributed by atoms with Gasteiger partial charge in [0, 0.05) is 11.1 Å². The number of nitrogens with zero attached hydrogens (tertiary/aromatic N) is 3. The van der Waals surface area contributed by atoms with Crippen LogP contribution in [0.5, 0.6) is 0 Å². The van der Waals surface area contributed by atoms with E-state index in [1.807, 2.05) is 24.6 Å². The number of aromatic nitrogens is 3. The molecule has 2 aromatic heterocycles. The lowest BCUT2D eigenvalue weighted by Gasteiger charge is -2.19. The van der Waals surface area contributed by atoms with Crippen molar-refractivity contribution in [3.63, 3.8) is 0 Å². The highest BCUT2D eigenvalue weighted by Gasteiger charge is 2.19. The Bertz CT molecular complexity index is 503. The first-order valence-corrected chi connectivity index (χ1v) is 5.23. The van der Waals surface area contributed by atoms with Crippen molar-refractivity contribution >= 4 is 11.0 Å². The van der Waals surface area contributed by atoms with Gasteiger partial charge in [-0.2, -0.15) is 5.10 Å². The maximum absolute atomic E-state index is 4.56. The van der Waals surface area contributed by atoms with Gasteiger partial charge in [-0.1, -0.05) is 0 Å². The highest BCUT2D eigenvalue weighted by atomic mass is 15.3. The highest BCUT2D eigenvalue weighted by Crippen LogP contribution is 2.23. The van der Waals surface area contributed by atoms with Crippen molar-refractivity contribution < 1.29 is 0 Å². The fourth-order valence-corrected chi connectivity index (χ4v) is 1.71. The molecule has 2 aromatic rings. The van der Waals surface area contributed by atoms with Crippen molar-refractivity contribution in [2.24, 2.45) is 0 Å². The van der Waals surface area contributed by atoms with Crippen molar-refractivity contribution in [3.05, 3.63) is 23.5 Å². The third-order valence-electron chi connectivity index (χ3n) is 2.49. The Balaban J connectivity index is 2.81. The summed E-state index contributed by atoms with van der Waals surface area (Å²) in [5.74, 6) is 0. The molecule has 3 heteroatoms. The molecule has 3 nitrogen and oxygen atoms in total. The van der Waals surface area contributed by atoms with E-state index in [1.54, 1.807) is 0 Å². The van der Waals surface area contributed by atoms with Gasteiger partial charge in [0.25, 0.3) is 0 Å². The van der Waals surface area contributed by atoms with Crippen LogP contribution in [0, 0.1) is 13.8 Å². The second-order valence-corrected chi connectivity index (χ2v) is 4.99. The normalized spacial score (nSPS) is 12.3. The zero-order valence-corrected chi connectivity index (χ0v) is 10.00. The summed E-state index contributed by atoms with van der Waals surface area (Å²) in [4.78, 5) is 4.56. The molecule has 15 heavy (non-hydrogen) atoms. The standard InChI is InChI=1S/C12H17N3/c1-8-6-7-10-9(2)14-15(11(10)13-8)12(3,4)5/h6-7H,1-5H3. The molecule has 0 fully saturated rings. The van der Waals surface area contributed by atoms with Crippen LogP contribution in [-0.2, 0) is 5.54 Å². The fourth-order valence-electron chi connectivity index (χ4n) is 1.71. The molecule has 0 N–H and O–H groups in total. The predicted molar refractivity (Wildman–Crippen MR) is 62.0 cm³/mol. The Labute approximate surface area is 90.1 Å².